The van der Waals surface area contributed by atoms with Crippen LogP contribution in [0.5, 0.6) is 0 Å². The van der Waals surface area contributed by atoms with Gasteiger partial charge in [0, 0.05) is 17.6 Å². The molecule has 0 saturated heterocycles. The highest BCUT2D eigenvalue weighted by Gasteiger charge is 2.23. The van der Waals surface area contributed by atoms with Gasteiger partial charge in [0.15, 0.2) is 5.65 Å². The fourth-order valence-electron chi connectivity index (χ4n) is 3.07. The zero-order valence-corrected chi connectivity index (χ0v) is 15.7. The lowest BCUT2D eigenvalue weighted by Crippen LogP contribution is -2.32. The van der Waals surface area contributed by atoms with Crippen LogP contribution in [0.1, 0.15) is 43.9 Å². The number of amides is 1. The molecule has 0 unspecified atom stereocenters. The van der Waals surface area contributed by atoms with Gasteiger partial charge < -0.3 is 9.88 Å². The van der Waals surface area contributed by atoms with Gasteiger partial charge in [-0.25, -0.2) is 9.97 Å². The molecule has 0 bridgehead atoms. The molecule has 132 valence electrons. The van der Waals surface area contributed by atoms with Crippen LogP contribution < -0.4 is 5.32 Å². The maximum absolute atomic E-state index is 12.5. The summed E-state index contributed by atoms with van der Waals surface area (Å²) in [7, 11) is 0. The minimum absolute atomic E-state index is 0.0377. The fraction of sp³-hybridized carbons (Fsp3) is 0.421. The molecule has 25 heavy (non-hydrogen) atoms. The molecule has 0 aliphatic carbocycles. The molecule has 1 atom stereocenters. The van der Waals surface area contributed by atoms with Gasteiger partial charge in [0.25, 0.3) is 0 Å². The van der Waals surface area contributed by atoms with Crippen LogP contribution in [0.3, 0.4) is 0 Å². The summed E-state index contributed by atoms with van der Waals surface area (Å²) >= 11 is 1.61. The molecule has 6 heteroatoms. The summed E-state index contributed by atoms with van der Waals surface area (Å²) < 4.78 is 2.10. The average molecular weight is 356 g/mol. The molecule has 3 aromatic heterocycles. The first-order valence-corrected chi connectivity index (χ1v) is 9.59. The number of hydrogen-bond acceptors (Lipinski definition) is 4. The number of carbonyl (C=O) groups is 1. The largest absolute Gasteiger partial charge is 0.346 e. The molecule has 1 amide bonds. The Bertz CT molecular complexity index is 838. The molecule has 3 aromatic rings. The Kier molecular flexibility index (Phi) is 5.48. The predicted molar refractivity (Wildman–Crippen MR) is 102 cm³/mol. The number of fused-ring (bicyclic) bond motifs is 1. The topological polar surface area (TPSA) is 59.8 Å². The van der Waals surface area contributed by atoms with Crippen molar-refractivity contribution < 1.29 is 4.79 Å². The van der Waals surface area contributed by atoms with E-state index in [1.165, 1.54) is 0 Å². The van der Waals surface area contributed by atoms with Crippen LogP contribution in [0.15, 0.2) is 35.8 Å². The molecule has 0 aliphatic rings. The van der Waals surface area contributed by atoms with Gasteiger partial charge in [0.05, 0.1) is 12.5 Å². The Morgan fingerprint density at radius 2 is 2.16 bits per heavy atom. The minimum Gasteiger partial charge on any atom is -0.346 e. The van der Waals surface area contributed by atoms with Crippen molar-refractivity contribution in [2.45, 2.75) is 46.2 Å². The van der Waals surface area contributed by atoms with E-state index < -0.39 is 0 Å². The number of nitrogens with one attached hydrogen (secondary N) is 1. The molecular formula is C19H24N4OS. The lowest BCUT2D eigenvalue weighted by Gasteiger charge is -2.21. The highest BCUT2D eigenvalue weighted by molar-refractivity contribution is 7.10. The quantitative estimate of drug-likeness (QED) is 0.697. The Hall–Kier alpha value is -2.21. The Morgan fingerprint density at radius 1 is 1.32 bits per heavy atom. The first kappa shape index (κ1) is 17.6. The van der Waals surface area contributed by atoms with Crippen LogP contribution in [0, 0.1) is 5.92 Å². The number of rotatable bonds is 7. The van der Waals surface area contributed by atoms with Crippen molar-refractivity contribution in [3.8, 4) is 0 Å². The summed E-state index contributed by atoms with van der Waals surface area (Å²) in [5.74, 6) is 1.38. The molecule has 0 fully saturated rings. The number of nitrogens with zero attached hydrogens (tertiary/aromatic N) is 3. The van der Waals surface area contributed by atoms with E-state index in [0.29, 0.717) is 12.3 Å². The number of pyridine rings is 1. The van der Waals surface area contributed by atoms with Gasteiger partial charge in [-0.05, 0) is 42.8 Å². The first-order valence-electron chi connectivity index (χ1n) is 8.71. The summed E-state index contributed by atoms with van der Waals surface area (Å²) in [5, 5.41) is 5.19. The highest BCUT2D eigenvalue weighted by Crippen LogP contribution is 2.25. The number of thiophene rings is 1. The molecular weight excluding hydrogens is 332 g/mol. The first-order chi connectivity index (χ1) is 12.1. The van der Waals surface area contributed by atoms with Gasteiger partial charge in [-0.2, -0.15) is 0 Å². The fourth-order valence-corrected chi connectivity index (χ4v) is 3.77. The van der Waals surface area contributed by atoms with E-state index >= 15 is 0 Å². The zero-order valence-electron chi connectivity index (χ0n) is 14.9. The van der Waals surface area contributed by atoms with Crippen molar-refractivity contribution in [2.24, 2.45) is 5.92 Å². The second kappa shape index (κ2) is 7.78. The zero-order chi connectivity index (χ0) is 17.8. The Labute approximate surface area is 152 Å². The number of hydrogen-bond donors (Lipinski definition) is 1. The van der Waals surface area contributed by atoms with E-state index in [1.54, 1.807) is 17.5 Å². The summed E-state index contributed by atoms with van der Waals surface area (Å²) in [6, 6.07) is 7.72. The van der Waals surface area contributed by atoms with Crippen molar-refractivity contribution in [2.75, 3.05) is 0 Å². The van der Waals surface area contributed by atoms with Crippen molar-refractivity contribution in [1.82, 2.24) is 19.9 Å². The maximum atomic E-state index is 12.5. The van der Waals surface area contributed by atoms with E-state index in [1.807, 2.05) is 29.6 Å². The second-order valence-corrected chi connectivity index (χ2v) is 7.60. The Morgan fingerprint density at radius 3 is 2.84 bits per heavy atom. The van der Waals surface area contributed by atoms with Crippen LogP contribution in [0.4, 0.5) is 0 Å². The van der Waals surface area contributed by atoms with Crippen LogP contribution >= 0.6 is 11.3 Å². The van der Waals surface area contributed by atoms with E-state index in [4.69, 9.17) is 4.98 Å². The van der Waals surface area contributed by atoms with E-state index in [9.17, 15) is 4.79 Å². The maximum Gasteiger partial charge on any atom is 0.225 e. The van der Waals surface area contributed by atoms with Crippen molar-refractivity contribution in [1.29, 1.82) is 0 Å². The number of imidazole rings is 1. The SMILES string of the molecule is CCn1c([C@@H](CC(C)C)NC(=O)Cc2cccs2)nc2cccnc21. The molecule has 0 radical (unpaired) electrons. The average Bonchev–Trinajstić information content (AvgIpc) is 3.20. The smallest absolute Gasteiger partial charge is 0.225 e. The second-order valence-electron chi connectivity index (χ2n) is 6.57. The third-order valence-electron chi connectivity index (χ3n) is 4.12. The molecule has 3 heterocycles. The van der Waals surface area contributed by atoms with Crippen LogP contribution in [-0.2, 0) is 17.8 Å². The predicted octanol–water partition coefficient (Wildman–Crippen LogP) is 3.96. The molecule has 0 saturated carbocycles. The molecule has 3 rings (SSSR count). The van der Waals surface area contributed by atoms with E-state index in [2.05, 4.69) is 35.6 Å². The van der Waals surface area contributed by atoms with Gasteiger partial charge in [0.1, 0.15) is 11.3 Å². The highest BCUT2D eigenvalue weighted by atomic mass is 32.1. The molecule has 0 aromatic carbocycles. The van der Waals surface area contributed by atoms with E-state index in [0.717, 1.165) is 34.8 Å². The number of aryl methyl sites for hydroxylation is 1. The van der Waals surface area contributed by atoms with Crippen molar-refractivity contribution >= 4 is 28.4 Å². The standard InChI is InChI=1S/C19H24N4OS/c1-4-23-18-15(8-5-9-20-18)22-19(23)16(11-13(2)3)21-17(24)12-14-7-6-10-25-14/h5-10,13,16H,4,11-12H2,1-3H3,(H,21,24)/t16-/m1/s1. The van der Waals surface area contributed by atoms with Gasteiger partial charge >= 0.3 is 0 Å². The third-order valence-corrected chi connectivity index (χ3v) is 4.99. The van der Waals surface area contributed by atoms with Gasteiger partial charge in [-0.1, -0.05) is 19.9 Å². The van der Waals surface area contributed by atoms with Crippen LogP contribution in [0.2, 0.25) is 0 Å². The summed E-state index contributed by atoms with van der Waals surface area (Å²) in [4.78, 5) is 22.8. The Balaban J connectivity index is 1.89. The van der Waals surface area contributed by atoms with Gasteiger partial charge in [-0.3, -0.25) is 4.79 Å². The summed E-state index contributed by atoms with van der Waals surface area (Å²) in [5.41, 5.74) is 1.75. The summed E-state index contributed by atoms with van der Waals surface area (Å²) in [6.45, 7) is 7.18. The molecule has 0 spiro atoms. The van der Waals surface area contributed by atoms with Crippen LogP contribution in [-0.4, -0.2) is 20.4 Å². The third kappa shape index (κ3) is 4.07. The number of carbonyl (C=O) groups excluding carboxylic acids is 1. The van der Waals surface area contributed by atoms with Crippen molar-refractivity contribution in [3.05, 3.63) is 46.5 Å². The van der Waals surface area contributed by atoms with E-state index in [-0.39, 0.29) is 11.9 Å². The molecule has 0 aliphatic heterocycles. The lowest BCUT2D eigenvalue weighted by atomic mass is 10.0. The van der Waals surface area contributed by atoms with Gasteiger partial charge in [-0.15, -0.1) is 11.3 Å². The van der Waals surface area contributed by atoms with Crippen molar-refractivity contribution in [3.63, 3.8) is 0 Å². The molecule has 1 N–H and O–H groups in total. The minimum atomic E-state index is -0.110. The van der Waals surface area contributed by atoms with Crippen LogP contribution in [0.25, 0.3) is 11.2 Å². The molecule has 5 nitrogen and oxygen atoms in total. The van der Waals surface area contributed by atoms with Gasteiger partial charge in [0.2, 0.25) is 5.91 Å². The number of aromatic nitrogens is 3. The lowest BCUT2D eigenvalue weighted by molar-refractivity contribution is -0.121. The normalized spacial score (nSPS) is 12.6. The summed E-state index contributed by atoms with van der Waals surface area (Å²) in [6.07, 6.45) is 3.04. The monoisotopic (exact) mass is 356 g/mol.